The number of rotatable bonds is 6. The topological polar surface area (TPSA) is 58.6 Å². The third-order valence-corrected chi connectivity index (χ3v) is 6.17. The molecule has 134 valence electrons. The van der Waals surface area contributed by atoms with Gasteiger partial charge in [-0.15, -0.1) is 0 Å². The van der Waals surface area contributed by atoms with Crippen LogP contribution in [-0.4, -0.2) is 39.6 Å². The van der Waals surface area contributed by atoms with Crippen molar-refractivity contribution in [1.29, 1.82) is 0 Å². The van der Waals surface area contributed by atoms with Gasteiger partial charge in [0.1, 0.15) is 10.6 Å². The van der Waals surface area contributed by atoms with Crippen LogP contribution in [0.5, 0.6) is 5.75 Å². The van der Waals surface area contributed by atoms with Crippen molar-refractivity contribution in [3.63, 3.8) is 0 Å². The number of nitrogens with zero attached hydrogens (tertiary/aromatic N) is 1. The molecule has 0 bridgehead atoms. The predicted octanol–water partition coefficient (Wildman–Crippen LogP) is 2.42. The Morgan fingerprint density at radius 2 is 1.80 bits per heavy atom. The number of ether oxygens (including phenoxy) is 1. The Morgan fingerprint density at radius 3 is 2.56 bits per heavy atom. The summed E-state index contributed by atoms with van der Waals surface area (Å²) < 4.78 is 33.1. The zero-order valence-electron chi connectivity index (χ0n) is 14.6. The van der Waals surface area contributed by atoms with Gasteiger partial charge >= 0.3 is 0 Å². The maximum absolute atomic E-state index is 12.6. The first-order chi connectivity index (χ1) is 12.0. The quantitative estimate of drug-likeness (QED) is 0.860. The number of sulfonamides is 1. The number of hydrogen-bond donors (Lipinski definition) is 1. The summed E-state index contributed by atoms with van der Waals surface area (Å²) in [6.45, 7) is 4.21. The molecule has 3 rings (SSSR count). The fourth-order valence-corrected chi connectivity index (χ4v) is 4.46. The Bertz CT molecular complexity index is 836. The van der Waals surface area contributed by atoms with Gasteiger partial charge in [0.15, 0.2) is 0 Å². The van der Waals surface area contributed by atoms with Crippen molar-refractivity contribution in [3.05, 3.63) is 59.7 Å². The number of hydrogen-bond acceptors (Lipinski definition) is 4. The van der Waals surface area contributed by atoms with Crippen LogP contribution < -0.4 is 9.46 Å². The summed E-state index contributed by atoms with van der Waals surface area (Å²) in [5.41, 5.74) is 2.72. The lowest BCUT2D eigenvalue weighted by Gasteiger charge is -2.33. The normalized spacial score (nSPS) is 16.2. The van der Waals surface area contributed by atoms with Crippen LogP contribution >= 0.6 is 0 Å². The molecule has 1 N–H and O–H groups in total. The molecule has 0 aliphatic carbocycles. The van der Waals surface area contributed by atoms with Crippen molar-refractivity contribution in [1.82, 2.24) is 9.62 Å². The van der Waals surface area contributed by atoms with Gasteiger partial charge in [-0.05, 0) is 36.6 Å². The van der Waals surface area contributed by atoms with E-state index < -0.39 is 10.0 Å². The van der Waals surface area contributed by atoms with E-state index in [1.54, 1.807) is 24.3 Å². The summed E-state index contributed by atoms with van der Waals surface area (Å²) >= 11 is 0. The number of para-hydroxylation sites is 1. The Morgan fingerprint density at radius 1 is 1.12 bits per heavy atom. The highest BCUT2D eigenvalue weighted by Gasteiger charge is 2.23. The first kappa shape index (κ1) is 17.9. The van der Waals surface area contributed by atoms with Crippen molar-refractivity contribution in [2.75, 3.05) is 20.2 Å². The smallest absolute Gasteiger partial charge is 0.244 e. The van der Waals surface area contributed by atoms with Crippen molar-refractivity contribution in [2.45, 2.75) is 30.8 Å². The fraction of sp³-hybridized carbons (Fsp3) is 0.368. The maximum atomic E-state index is 12.6. The molecule has 0 radical (unpaired) electrons. The highest BCUT2D eigenvalue weighted by Crippen LogP contribution is 2.23. The van der Waals surface area contributed by atoms with Crippen LogP contribution in [0, 0.1) is 0 Å². The Balaban J connectivity index is 1.65. The van der Waals surface area contributed by atoms with Crippen molar-refractivity contribution >= 4 is 10.0 Å². The standard InChI is InChI=1S/C19H24N2O3S/c1-15(21-12-11-16-7-3-4-8-17(16)14-21)13-20-25(22,23)19-10-6-5-9-18(19)24-2/h3-10,15,20H,11-14H2,1-2H3. The van der Waals surface area contributed by atoms with Crippen molar-refractivity contribution in [2.24, 2.45) is 0 Å². The summed E-state index contributed by atoms with van der Waals surface area (Å²) in [5, 5.41) is 0. The molecule has 0 fully saturated rings. The van der Waals surface area contributed by atoms with E-state index in [-0.39, 0.29) is 10.9 Å². The van der Waals surface area contributed by atoms with Crippen molar-refractivity contribution in [3.8, 4) is 5.75 Å². The zero-order valence-corrected chi connectivity index (χ0v) is 15.4. The average molecular weight is 360 g/mol. The zero-order chi connectivity index (χ0) is 17.9. The van der Waals surface area contributed by atoms with E-state index in [1.165, 1.54) is 18.2 Å². The van der Waals surface area contributed by atoms with Crippen LogP contribution in [0.2, 0.25) is 0 Å². The van der Waals surface area contributed by atoms with E-state index >= 15 is 0 Å². The summed E-state index contributed by atoms with van der Waals surface area (Å²) in [4.78, 5) is 2.49. The molecule has 2 aromatic rings. The maximum Gasteiger partial charge on any atom is 0.244 e. The second kappa shape index (κ2) is 7.56. The van der Waals surface area contributed by atoms with E-state index in [0.717, 1.165) is 19.5 Å². The highest BCUT2D eigenvalue weighted by molar-refractivity contribution is 7.89. The second-order valence-electron chi connectivity index (χ2n) is 6.34. The van der Waals surface area contributed by atoms with E-state index in [4.69, 9.17) is 4.74 Å². The van der Waals surface area contributed by atoms with Gasteiger partial charge in [-0.3, -0.25) is 4.90 Å². The molecule has 0 saturated carbocycles. The molecule has 6 heteroatoms. The minimum atomic E-state index is -3.60. The van der Waals surface area contributed by atoms with Crippen molar-refractivity contribution < 1.29 is 13.2 Å². The summed E-state index contributed by atoms with van der Waals surface area (Å²) in [6.07, 6.45) is 1.000. The third-order valence-electron chi connectivity index (χ3n) is 4.71. The van der Waals surface area contributed by atoms with Crippen LogP contribution in [0.15, 0.2) is 53.4 Å². The van der Waals surface area contributed by atoms with Gasteiger partial charge in [0.2, 0.25) is 10.0 Å². The number of benzene rings is 2. The first-order valence-electron chi connectivity index (χ1n) is 8.45. The lowest BCUT2D eigenvalue weighted by atomic mass is 9.99. The fourth-order valence-electron chi connectivity index (χ4n) is 3.17. The molecule has 0 saturated heterocycles. The van der Waals surface area contributed by atoms with Crippen LogP contribution in [0.25, 0.3) is 0 Å². The SMILES string of the molecule is COc1ccccc1S(=O)(=O)NCC(C)N1CCc2ccccc2C1. The molecular weight excluding hydrogens is 336 g/mol. The lowest BCUT2D eigenvalue weighted by Crippen LogP contribution is -2.44. The molecular formula is C19H24N2O3S. The van der Waals surface area contributed by atoms with E-state index in [9.17, 15) is 8.42 Å². The largest absolute Gasteiger partial charge is 0.495 e. The second-order valence-corrected chi connectivity index (χ2v) is 8.08. The predicted molar refractivity (Wildman–Crippen MR) is 98.2 cm³/mol. The van der Waals surface area contributed by atoms with Crippen LogP contribution in [0.4, 0.5) is 0 Å². The molecule has 1 heterocycles. The monoisotopic (exact) mass is 360 g/mol. The number of fused-ring (bicyclic) bond motifs is 1. The van der Waals surface area contributed by atoms with E-state index in [0.29, 0.717) is 12.3 Å². The molecule has 5 nitrogen and oxygen atoms in total. The third kappa shape index (κ3) is 4.03. The molecule has 2 aromatic carbocycles. The molecule has 0 amide bonds. The van der Waals surface area contributed by atoms with Gasteiger partial charge in [-0.1, -0.05) is 36.4 Å². The minimum Gasteiger partial charge on any atom is -0.495 e. The Hall–Kier alpha value is -1.89. The van der Waals surface area contributed by atoms with E-state index in [2.05, 4.69) is 40.8 Å². The molecule has 1 atom stereocenters. The molecule has 1 aliphatic heterocycles. The van der Waals surface area contributed by atoms with Gasteiger partial charge in [0.05, 0.1) is 7.11 Å². The average Bonchev–Trinajstić information content (AvgIpc) is 2.65. The summed E-state index contributed by atoms with van der Waals surface area (Å²) in [5.74, 6) is 0.356. The van der Waals surface area contributed by atoms with Crippen LogP contribution in [-0.2, 0) is 23.0 Å². The first-order valence-corrected chi connectivity index (χ1v) is 9.93. The minimum absolute atomic E-state index is 0.109. The van der Waals surface area contributed by atoms with Gasteiger partial charge in [0.25, 0.3) is 0 Å². The Kier molecular flexibility index (Phi) is 5.42. The molecule has 1 aliphatic rings. The van der Waals surface area contributed by atoms with Gasteiger partial charge in [-0.2, -0.15) is 0 Å². The summed E-state index contributed by atoms with van der Waals surface area (Å²) in [7, 11) is -2.12. The highest BCUT2D eigenvalue weighted by atomic mass is 32.2. The Labute approximate surface area is 149 Å². The van der Waals surface area contributed by atoms with Gasteiger partial charge < -0.3 is 4.74 Å². The molecule has 25 heavy (non-hydrogen) atoms. The van der Waals surface area contributed by atoms with Crippen LogP contribution in [0.1, 0.15) is 18.1 Å². The molecule has 0 spiro atoms. The number of nitrogens with one attached hydrogen (secondary N) is 1. The van der Waals surface area contributed by atoms with E-state index in [1.807, 2.05) is 0 Å². The molecule has 1 unspecified atom stereocenters. The summed E-state index contributed by atoms with van der Waals surface area (Å²) in [6, 6.07) is 15.2. The van der Waals surface area contributed by atoms with Gasteiger partial charge in [0, 0.05) is 25.7 Å². The van der Waals surface area contributed by atoms with Crippen LogP contribution in [0.3, 0.4) is 0 Å². The number of methoxy groups -OCH3 is 1. The van der Waals surface area contributed by atoms with Gasteiger partial charge in [-0.25, -0.2) is 13.1 Å². The molecule has 0 aromatic heterocycles. The lowest BCUT2D eigenvalue weighted by molar-refractivity contribution is 0.192.